The van der Waals surface area contributed by atoms with Crippen LogP contribution >= 0.6 is 11.3 Å². The normalized spacial score (nSPS) is 18.5. The topological polar surface area (TPSA) is 101 Å². The maximum absolute atomic E-state index is 12.8. The molecule has 8 nitrogen and oxygen atoms in total. The fraction of sp³-hybridized carbons (Fsp3) is 0.381. The highest BCUT2D eigenvalue weighted by Gasteiger charge is 2.23. The Kier molecular flexibility index (Phi) is 6.48. The Balaban J connectivity index is 1.47. The lowest BCUT2D eigenvalue weighted by Crippen LogP contribution is -2.35. The van der Waals surface area contributed by atoms with E-state index < -0.39 is 0 Å². The highest BCUT2D eigenvalue weighted by Crippen LogP contribution is 2.26. The predicted molar refractivity (Wildman–Crippen MR) is 112 cm³/mol. The van der Waals surface area contributed by atoms with Gasteiger partial charge in [0.1, 0.15) is 0 Å². The van der Waals surface area contributed by atoms with E-state index in [4.69, 9.17) is 4.52 Å². The lowest BCUT2D eigenvalue weighted by atomic mass is 9.99. The summed E-state index contributed by atoms with van der Waals surface area (Å²) in [6.45, 7) is 1.53. The van der Waals surface area contributed by atoms with Crippen molar-refractivity contribution in [1.82, 2.24) is 25.3 Å². The first-order valence-corrected chi connectivity index (χ1v) is 11.0. The number of thiophene rings is 1. The number of aromatic nitrogens is 3. The maximum atomic E-state index is 12.8. The lowest BCUT2D eigenvalue weighted by molar-refractivity contribution is -0.121. The summed E-state index contributed by atoms with van der Waals surface area (Å²) in [6, 6.07) is 5.53. The monoisotopic (exact) mass is 425 g/mol. The molecule has 0 radical (unpaired) electrons. The Morgan fingerprint density at radius 2 is 2.20 bits per heavy atom. The molecule has 156 valence electrons. The van der Waals surface area contributed by atoms with Crippen molar-refractivity contribution >= 4 is 23.2 Å². The van der Waals surface area contributed by atoms with Crippen molar-refractivity contribution in [2.24, 2.45) is 0 Å². The van der Waals surface area contributed by atoms with E-state index in [-0.39, 0.29) is 17.7 Å². The van der Waals surface area contributed by atoms with Crippen LogP contribution in [0.15, 0.2) is 45.9 Å². The molecule has 1 N–H and O–H groups in total. The molecule has 3 aromatic rings. The zero-order valence-electron chi connectivity index (χ0n) is 16.5. The van der Waals surface area contributed by atoms with E-state index in [1.54, 1.807) is 17.3 Å². The molecule has 0 saturated carbocycles. The van der Waals surface area contributed by atoms with E-state index in [1.807, 2.05) is 29.0 Å². The molecule has 0 bridgehead atoms. The molecule has 0 spiro atoms. The summed E-state index contributed by atoms with van der Waals surface area (Å²) >= 11 is 1.49. The maximum Gasteiger partial charge on any atom is 0.254 e. The van der Waals surface area contributed by atoms with Crippen molar-refractivity contribution in [3.8, 4) is 11.4 Å². The molecule has 9 heteroatoms. The van der Waals surface area contributed by atoms with Crippen LogP contribution in [0.4, 0.5) is 0 Å². The van der Waals surface area contributed by atoms with Crippen molar-refractivity contribution in [1.29, 1.82) is 0 Å². The van der Waals surface area contributed by atoms with Gasteiger partial charge in [0.05, 0.1) is 5.56 Å². The van der Waals surface area contributed by atoms with Crippen molar-refractivity contribution in [3.05, 3.63) is 52.8 Å². The molecule has 1 aliphatic rings. The number of carbonyl (C=O) groups is 2. The van der Waals surface area contributed by atoms with Crippen LogP contribution < -0.4 is 5.32 Å². The van der Waals surface area contributed by atoms with E-state index in [0.29, 0.717) is 49.8 Å². The van der Waals surface area contributed by atoms with Crippen LogP contribution in [-0.2, 0) is 4.79 Å². The van der Waals surface area contributed by atoms with Gasteiger partial charge >= 0.3 is 0 Å². The van der Waals surface area contributed by atoms with Crippen LogP contribution in [0.25, 0.3) is 11.4 Å². The minimum atomic E-state index is -0.0552. The minimum absolute atomic E-state index is 0.0134. The van der Waals surface area contributed by atoms with Crippen LogP contribution in [0.2, 0.25) is 0 Å². The molecule has 1 unspecified atom stereocenters. The third-order valence-electron chi connectivity index (χ3n) is 5.17. The average Bonchev–Trinajstić information content (AvgIpc) is 3.46. The number of hydrogen-bond acceptors (Lipinski definition) is 7. The van der Waals surface area contributed by atoms with E-state index in [1.165, 1.54) is 11.3 Å². The third-order valence-corrected chi connectivity index (χ3v) is 5.85. The molecule has 1 aliphatic heterocycles. The number of pyridine rings is 1. The first-order chi connectivity index (χ1) is 14.7. The fourth-order valence-corrected chi connectivity index (χ4v) is 4.16. The van der Waals surface area contributed by atoms with E-state index in [0.717, 1.165) is 18.4 Å². The van der Waals surface area contributed by atoms with Gasteiger partial charge in [0.15, 0.2) is 0 Å². The van der Waals surface area contributed by atoms with Crippen molar-refractivity contribution in [2.45, 2.75) is 31.6 Å². The van der Waals surface area contributed by atoms with Gasteiger partial charge in [0, 0.05) is 55.3 Å². The number of nitrogens with zero attached hydrogens (tertiary/aromatic N) is 4. The summed E-state index contributed by atoms with van der Waals surface area (Å²) < 4.78 is 5.54. The van der Waals surface area contributed by atoms with Gasteiger partial charge < -0.3 is 14.7 Å². The molecule has 1 saturated heterocycles. The van der Waals surface area contributed by atoms with Crippen molar-refractivity contribution in [3.63, 3.8) is 0 Å². The van der Waals surface area contributed by atoms with Gasteiger partial charge in [0.2, 0.25) is 17.6 Å². The molecule has 4 heterocycles. The molecular weight excluding hydrogens is 402 g/mol. The van der Waals surface area contributed by atoms with Gasteiger partial charge in [0.25, 0.3) is 5.91 Å². The Bertz CT molecular complexity index is 974. The Morgan fingerprint density at radius 1 is 1.27 bits per heavy atom. The van der Waals surface area contributed by atoms with Gasteiger partial charge in [-0.25, -0.2) is 0 Å². The fourth-order valence-electron chi connectivity index (χ4n) is 3.53. The quantitative estimate of drug-likeness (QED) is 0.692. The smallest absolute Gasteiger partial charge is 0.254 e. The summed E-state index contributed by atoms with van der Waals surface area (Å²) in [6.07, 6.45) is 5.98. The van der Waals surface area contributed by atoms with Gasteiger partial charge in [-0.15, -0.1) is 0 Å². The van der Waals surface area contributed by atoms with Crippen LogP contribution in [0.3, 0.4) is 0 Å². The molecule has 2 amide bonds. The Morgan fingerprint density at radius 3 is 3.00 bits per heavy atom. The van der Waals surface area contributed by atoms with Crippen LogP contribution in [0.5, 0.6) is 0 Å². The Hall–Kier alpha value is -3.07. The summed E-state index contributed by atoms with van der Waals surface area (Å²) in [5.74, 6) is 0.986. The largest absolute Gasteiger partial charge is 0.356 e. The second-order valence-electron chi connectivity index (χ2n) is 7.23. The van der Waals surface area contributed by atoms with Crippen LogP contribution in [0.1, 0.15) is 47.8 Å². The number of nitrogens with one attached hydrogen (secondary N) is 1. The van der Waals surface area contributed by atoms with Crippen molar-refractivity contribution in [2.75, 3.05) is 19.6 Å². The highest BCUT2D eigenvalue weighted by atomic mass is 32.1. The Labute approximate surface area is 178 Å². The summed E-state index contributed by atoms with van der Waals surface area (Å²) in [4.78, 5) is 35.4. The second kappa shape index (κ2) is 9.62. The number of carbonyl (C=O) groups excluding carboxylic acids is 2. The van der Waals surface area contributed by atoms with E-state index >= 15 is 0 Å². The molecule has 1 atom stereocenters. The van der Waals surface area contributed by atoms with Gasteiger partial charge in [-0.1, -0.05) is 5.16 Å². The second-order valence-corrected chi connectivity index (χ2v) is 8.01. The number of hydrogen-bond donors (Lipinski definition) is 1. The molecule has 30 heavy (non-hydrogen) atoms. The molecule has 0 aromatic carbocycles. The third kappa shape index (κ3) is 4.91. The van der Waals surface area contributed by atoms with Gasteiger partial charge in [-0.2, -0.15) is 16.3 Å². The molecule has 3 aromatic heterocycles. The lowest BCUT2D eigenvalue weighted by Gasteiger charge is -2.22. The summed E-state index contributed by atoms with van der Waals surface area (Å²) in [5.41, 5.74) is 1.47. The molecule has 0 aliphatic carbocycles. The van der Waals surface area contributed by atoms with Crippen LogP contribution in [0, 0.1) is 0 Å². The zero-order valence-corrected chi connectivity index (χ0v) is 17.3. The summed E-state index contributed by atoms with van der Waals surface area (Å²) in [7, 11) is 0. The number of rotatable bonds is 3. The molecular formula is C21H23N5O3S. The number of amides is 2. The first kappa shape index (κ1) is 20.2. The molecule has 1 fully saturated rings. The standard InChI is InChI=1S/C21H23N5O3S/c27-18-6-11-26(21(28)17-7-12-30-14-17)10-2-4-15(5-9-23-18)20-24-19(25-29-20)16-3-1-8-22-13-16/h1,3,7-8,12-15H,2,4-6,9-11H2,(H,23,27). The van der Waals surface area contributed by atoms with Crippen molar-refractivity contribution < 1.29 is 14.1 Å². The van der Waals surface area contributed by atoms with E-state index in [9.17, 15) is 9.59 Å². The predicted octanol–water partition coefficient (Wildman–Crippen LogP) is 3.11. The zero-order chi connectivity index (χ0) is 20.8. The average molecular weight is 426 g/mol. The van der Waals surface area contributed by atoms with Gasteiger partial charge in [-0.3, -0.25) is 14.6 Å². The van der Waals surface area contributed by atoms with Gasteiger partial charge in [-0.05, 0) is 42.8 Å². The minimum Gasteiger partial charge on any atom is -0.356 e. The van der Waals surface area contributed by atoms with E-state index in [2.05, 4.69) is 20.4 Å². The SMILES string of the molecule is O=C1CCN(C(=O)c2ccsc2)CCCC(c2nc(-c3cccnc3)no2)CCN1. The van der Waals surface area contributed by atoms with Crippen LogP contribution in [-0.4, -0.2) is 51.5 Å². The molecule has 4 rings (SSSR count). The summed E-state index contributed by atoms with van der Waals surface area (Å²) in [5, 5.41) is 10.8. The highest BCUT2D eigenvalue weighted by molar-refractivity contribution is 7.08. The first-order valence-electron chi connectivity index (χ1n) is 10.0.